The van der Waals surface area contributed by atoms with Crippen LogP contribution in [0.3, 0.4) is 0 Å². The highest BCUT2D eigenvalue weighted by atomic mass is 16.5. The molecule has 1 heterocycles. The lowest BCUT2D eigenvalue weighted by Crippen LogP contribution is -2.53. The first-order valence-electron chi connectivity index (χ1n) is 6.52. The second-order valence-electron chi connectivity index (χ2n) is 5.32. The number of ether oxygens (including phenoxy) is 1. The van der Waals surface area contributed by atoms with E-state index >= 15 is 0 Å². The van der Waals surface area contributed by atoms with Crippen LogP contribution in [0, 0.1) is 11.3 Å². The maximum absolute atomic E-state index is 11.0. The molecule has 18 heavy (non-hydrogen) atoms. The maximum atomic E-state index is 11.0. The summed E-state index contributed by atoms with van der Waals surface area (Å²) >= 11 is 0. The van der Waals surface area contributed by atoms with Crippen LogP contribution in [0.2, 0.25) is 0 Å². The van der Waals surface area contributed by atoms with E-state index in [9.17, 15) is 10.4 Å². The molecule has 0 spiro atoms. The van der Waals surface area contributed by atoms with Crippen LogP contribution in [0.15, 0.2) is 24.3 Å². The van der Waals surface area contributed by atoms with Crippen molar-refractivity contribution in [3.63, 3.8) is 0 Å². The van der Waals surface area contributed by atoms with Crippen LogP contribution >= 0.6 is 0 Å². The number of nitriles is 1. The summed E-state index contributed by atoms with van der Waals surface area (Å²) < 4.78 is 5.33. The summed E-state index contributed by atoms with van der Waals surface area (Å²) in [5.41, 5.74) is 0.552. The molecule has 1 saturated heterocycles. The lowest BCUT2D eigenvalue weighted by molar-refractivity contribution is -0.0981. The van der Waals surface area contributed by atoms with Gasteiger partial charge in [0.15, 0.2) is 0 Å². The highest BCUT2D eigenvalue weighted by Crippen LogP contribution is 2.49. The largest absolute Gasteiger partial charge is 0.388 e. The third-order valence-corrected chi connectivity index (χ3v) is 4.55. The topological polar surface area (TPSA) is 53.2 Å². The summed E-state index contributed by atoms with van der Waals surface area (Å²) in [4.78, 5) is 0. The molecule has 1 atom stereocenters. The molecule has 3 nitrogen and oxygen atoms in total. The Morgan fingerprint density at radius 2 is 1.89 bits per heavy atom. The van der Waals surface area contributed by atoms with Crippen molar-refractivity contribution < 1.29 is 9.84 Å². The SMILES string of the molecule is N#CC1(C2(O)CCOCC2)CCc2ccccc21. The second-order valence-corrected chi connectivity index (χ2v) is 5.32. The van der Waals surface area contributed by atoms with E-state index < -0.39 is 11.0 Å². The molecular formula is C15H17NO2. The van der Waals surface area contributed by atoms with Gasteiger partial charge in [0.05, 0.1) is 11.7 Å². The van der Waals surface area contributed by atoms with Crippen molar-refractivity contribution in [3.8, 4) is 6.07 Å². The van der Waals surface area contributed by atoms with E-state index in [0.717, 1.165) is 18.4 Å². The zero-order valence-electron chi connectivity index (χ0n) is 10.4. The van der Waals surface area contributed by atoms with Crippen LogP contribution in [0.1, 0.15) is 30.4 Å². The minimum atomic E-state index is -0.938. The summed E-state index contributed by atoms with van der Waals surface area (Å²) in [5.74, 6) is 0. The third kappa shape index (κ3) is 1.43. The number of nitrogens with zero attached hydrogens (tertiary/aromatic N) is 1. The monoisotopic (exact) mass is 243 g/mol. The lowest BCUT2D eigenvalue weighted by atomic mass is 9.65. The molecule has 0 bridgehead atoms. The smallest absolute Gasteiger partial charge is 0.112 e. The van der Waals surface area contributed by atoms with E-state index in [1.807, 2.05) is 18.2 Å². The fourth-order valence-corrected chi connectivity index (χ4v) is 3.45. The second kappa shape index (κ2) is 4.08. The van der Waals surface area contributed by atoms with E-state index in [2.05, 4.69) is 12.1 Å². The Morgan fingerprint density at radius 1 is 1.17 bits per heavy atom. The fourth-order valence-electron chi connectivity index (χ4n) is 3.45. The molecule has 0 saturated carbocycles. The van der Waals surface area contributed by atoms with Crippen LogP contribution in [0.25, 0.3) is 0 Å². The zero-order chi connectivity index (χ0) is 12.6. The molecule has 0 aromatic heterocycles. The third-order valence-electron chi connectivity index (χ3n) is 4.55. The number of rotatable bonds is 1. The molecule has 1 aromatic carbocycles. The summed E-state index contributed by atoms with van der Waals surface area (Å²) in [6, 6.07) is 10.5. The normalized spacial score (nSPS) is 29.6. The maximum Gasteiger partial charge on any atom is 0.112 e. The highest BCUT2D eigenvalue weighted by Gasteiger charge is 2.55. The number of benzene rings is 1. The van der Waals surface area contributed by atoms with Gasteiger partial charge in [-0.15, -0.1) is 0 Å². The van der Waals surface area contributed by atoms with E-state index in [-0.39, 0.29) is 0 Å². The standard InChI is InChI=1S/C15H17NO2/c16-11-14(15(17)7-9-18-10-8-15)6-5-12-3-1-2-4-13(12)14/h1-4,17H,5-10H2. The molecule has 1 N–H and O–H groups in total. The van der Waals surface area contributed by atoms with Crippen molar-refractivity contribution in [2.24, 2.45) is 0 Å². The zero-order valence-corrected chi connectivity index (χ0v) is 10.4. The summed E-state index contributed by atoms with van der Waals surface area (Å²) in [6.07, 6.45) is 2.70. The molecule has 1 fully saturated rings. The molecule has 0 radical (unpaired) electrons. The first kappa shape index (κ1) is 11.7. The number of aliphatic hydroxyl groups is 1. The van der Waals surface area contributed by atoms with Gasteiger partial charge in [-0.1, -0.05) is 24.3 Å². The van der Waals surface area contributed by atoms with Gasteiger partial charge in [-0.3, -0.25) is 0 Å². The van der Waals surface area contributed by atoms with E-state index in [1.54, 1.807) is 0 Å². The first-order valence-corrected chi connectivity index (χ1v) is 6.52. The Bertz CT molecular complexity index is 499. The number of hydrogen-bond donors (Lipinski definition) is 1. The van der Waals surface area contributed by atoms with Crippen molar-refractivity contribution in [1.29, 1.82) is 5.26 Å². The molecule has 1 aromatic rings. The molecular weight excluding hydrogens is 226 g/mol. The summed E-state index contributed by atoms with van der Waals surface area (Å²) in [7, 11) is 0. The summed E-state index contributed by atoms with van der Waals surface area (Å²) in [5, 5.41) is 20.7. The van der Waals surface area contributed by atoms with Gasteiger partial charge in [0.25, 0.3) is 0 Å². The predicted molar refractivity (Wildman–Crippen MR) is 67.1 cm³/mol. The van der Waals surface area contributed by atoms with Gasteiger partial charge in [0, 0.05) is 26.1 Å². The Hall–Kier alpha value is -1.37. The Morgan fingerprint density at radius 3 is 2.61 bits per heavy atom. The van der Waals surface area contributed by atoms with E-state index in [4.69, 9.17) is 4.74 Å². The van der Waals surface area contributed by atoms with E-state index in [1.165, 1.54) is 5.56 Å². The summed E-state index contributed by atoms with van der Waals surface area (Å²) in [6.45, 7) is 1.09. The van der Waals surface area contributed by atoms with Crippen molar-refractivity contribution in [2.75, 3.05) is 13.2 Å². The van der Waals surface area contributed by atoms with Crippen LogP contribution in [-0.2, 0) is 16.6 Å². The number of fused-ring (bicyclic) bond motifs is 1. The molecule has 1 aliphatic heterocycles. The predicted octanol–water partition coefficient (Wildman–Crippen LogP) is 1.94. The molecule has 0 amide bonds. The molecule has 1 unspecified atom stereocenters. The van der Waals surface area contributed by atoms with Crippen molar-refractivity contribution in [3.05, 3.63) is 35.4 Å². The van der Waals surface area contributed by atoms with E-state index in [0.29, 0.717) is 26.1 Å². The first-order chi connectivity index (χ1) is 8.72. The van der Waals surface area contributed by atoms with Crippen LogP contribution < -0.4 is 0 Å². The fraction of sp³-hybridized carbons (Fsp3) is 0.533. The minimum Gasteiger partial charge on any atom is -0.388 e. The van der Waals surface area contributed by atoms with Crippen LogP contribution in [0.4, 0.5) is 0 Å². The number of aryl methyl sites for hydroxylation is 1. The highest BCUT2D eigenvalue weighted by molar-refractivity contribution is 5.47. The van der Waals surface area contributed by atoms with Gasteiger partial charge in [0.1, 0.15) is 5.41 Å². The van der Waals surface area contributed by atoms with Crippen molar-refractivity contribution in [2.45, 2.75) is 36.7 Å². The average Bonchev–Trinajstić information content (AvgIpc) is 2.80. The molecule has 3 heteroatoms. The quantitative estimate of drug-likeness (QED) is 0.820. The molecule has 1 aliphatic carbocycles. The van der Waals surface area contributed by atoms with Crippen LogP contribution in [0.5, 0.6) is 0 Å². The Balaban J connectivity index is 2.10. The van der Waals surface area contributed by atoms with Crippen LogP contribution in [-0.4, -0.2) is 23.9 Å². The Labute approximate surface area is 107 Å². The Kier molecular flexibility index (Phi) is 2.65. The van der Waals surface area contributed by atoms with Gasteiger partial charge in [-0.25, -0.2) is 0 Å². The van der Waals surface area contributed by atoms with Gasteiger partial charge < -0.3 is 9.84 Å². The molecule has 2 aliphatic rings. The van der Waals surface area contributed by atoms with Crippen molar-refractivity contribution in [1.82, 2.24) is 0 Å². The minimum absolute atomic E-state index is 0.544. The van der Waals surface area contributed by atoms with Gasteiger partial charge in [-0.2, -0.15) is 5.26 Å². The average molecular weight is 243 g/mol. The number of hydrogen-bond acceptors (Lipinski definition) is 3. The van der Waals surface area contributed by atoms with Gasteiger partial charge in [0.2, 0.25) is 0 Å². The molecule has 94 valence electrons. The van der Waals surface area contributed by atoms with Gasteiger partial charge >= 0.3 is 0 Å². The molecule has 3 rings (SSSR count). The van der Waals surface area contributed by atoms with Gasteiger partial charge in [-0.05, 0) is 24.0 Å². The van der Waals surface area contributed by atoms with Crippen molar-refractivity contribution >= 4 is 0 Å². The lowest BCUT2D eigenvalue weighted by Gasteiger charge is -2.43.